The van der Waals surface area contributed by atoms with Gasteiger partial charge in [0.1, 0.15) is 23.2 Å². The van der Waals surface area contributed by atoms with Crippen LogP contribution in [0.3, 0.4) is 0 Å². The third-order valence-electron chi connectivity index (χ3n) is 6.81. The first-order chi connectivity index (χ1) is 17.5. The van der Waals surface area contributed by atoms with Gasteiger partial charge in [0.25, 0.3) is 5.91 Å². The monoisotopic (exact) mass is 495 g/mol. The molecular weight excluding hydrogens is 469 g/mol. The molecule has 4 aromatic rings. The number of aliphatic hydroxyl groups excluding tert-OH is 1. The molecular formula is C24H26FN7O4. The van der Waals surface area contributed by atoms with E-state index in [1.165, 1.54) is 6.20 Å². The van der Waals surface area contributed by atoms with E-state index < -0.39 is 30.3 Å². The number of anilines is 1. The van der Waals surface area contributed by atoms with Crippen molar-refractivity contribution in [3.8, 4) is 11.3 Å². The zero-order valence-electron chi connectivity index (χ0n) is 19.6. The molecule has 12 heteroatoms. The van der Waals surface area contributed by atoms with E-state index in [2.05, 4.69) is 20.7 Å². The average molecular weight is 496 g/mol. The minimum absolute atomic E-state index is 0.0512. The van der Waals surface area contributed by atoms with Crippen LogP contribution in [0.5, 0.6) is 0 Å². The fraction of sp³-hybridized carbons (Fsp3) is 0.417. The molecule has 4 aromatic heterocycles. The number of amides is 1. The van der Waals surface area contributed by atoms with Gasteiger partial charge < -0.3 is 29.8 Å². The van der Waals surface area contributed by atoms with Crippen LogP contribution in [0.4, 0.5) is 10.2 Å². The molecule has 6 heterocycles. The lowest BCUT2D eigenvalue weighted by molar-refractivity contribution is 0.00443. The molecule has 2 aliphatic rings. The molecule has 11 nitrogen and oxygen atoms in total. The Kier molecular flexibility index (Phi) is 5.78. The number of carbonyl (C=O) groups excluding carboxylic acids is 1. The van der Waals surface area contributed by atoms with Crippen LogP contribution in [0.1, 0.15) is 22.8 Å². The molecule has 0 radical (unpaired) electrons. The summed E-state index contributed by atoms with van der Waals surface area (Å²) in [5.74, 6) is 0.218. The largest absolute Gasteiger partial charge is 0.388 e. The van der Waals surface area contributed by atoms with Gasteiger partial charge in [0.2, 0.25) is 0 Å². The Bertz CT molecular complexity index is 1440. The maximum atomic E-state index is 14.8. The molecule has 36 heavy (non-hydrogen) atoms. The molecule has 0 unspecified atom stereocenters. The van der Waals surface area contributed by atoms with Crippen molar-refractivity contribution >= 4 is 28.4 Å². The van der Waals surface area contributed by atoms with Crippen LogP contribution >= 0.6 is 0 Å². The first-order valence-electron chi connectivity index (χ1n) is 11.9. The second-order valence-corrected chi connectivity index (χ2v) is 9.03. The highest BCUT2D eigenvalue weighted by Crippen LogP contribution is 2.35. The van der Waals surface area contributed by atoms with Crippen LogP contribution in [-0.2, 0) is 9.47 Å². The second-order valence-electron chi connectivity index (χ2n) is 9.03. The number of nitrogens with one attached hydrogen (secondary N) is 2. The predicted octanol–water partition coefficient (Wildman–Crippen LogP) is 1.58. The Morgan fingerprint density at radius 3 is 2.92 bits per heavy atom. The zero-order chi connectivity index (χ0) is 24.8. The fourth-order valence-corrected chi connectivity index (χ4v) is 4.91. The summed E-state index contributed by atoms with van der Waals surface area (Å²) in [5, 5.41) is 21.1. The van der Waals surface area contributed by atoms with Gasteiger partial charge in [-0.15, -0.1) is 0 Å². The number of aliphatic hydroxyl groups is 1. The number of hydrogen-bond donors (Lipinski definition) is 3. The normalized spacial score (nSPS) is 24.4. The van der Waals surface area contributed by atoms with Crippen LogP contribution in [0.15, 0.2) is 36.8 Å². The standard InChI is InChI=1S/C24H26FN7O4/c1-26-21-7-17(29-23-14(8-28-32(21)23)24(34)30-18-11-36-12-20(18)33)15-9-31(19-4-6-35-10-16(19)25)22-13(15)3-2-5-27-22/h2-3,5,7-9,16,18-20,26,33H,4,6,10-12H2,1H3,(H,30,34)/t16-,18-,19+,20+/m0/s1. The van der Waals surface area contributed by atoms with Crippen molar-refractivity contribution in [2.45, 2.75) is 30.8 Å². The molecule has 0 aromatic carbocycles. The Hall–Kier alpha value is -3.61. The zero-order valence-corrected chi connectivity index (χ0v) is 19.6. The van der Waals surface area contributed by atoms with E-state index in [4.69, 9.17) is 14.5 Å². The smallest absolute Gasteiger partial charge is 0.257 e. The molecule has 0 saturated carbocycles. The lowest BCUT2D eigenvalue weighted by Gasteiger charge is -2.27. The summed E-state index contributed by atoms with van der Waals surface area (Å²) in [6.45, 7) is 0.948. The van der Waals surface area contributed by atoms with Crippen LogP contribution in [0.2, 0.25) is 0 Å². The van der Waals surface area contributed by atoms with E-state index >= 15 is 0 Å². The van der Waals surface area contributed by atoms with Crippen LogP contribution in [0, 0.1) is 0 Å². The minimum Gasteiger partial charge on any atom is -0.388 e. The van der Waals surface area contributed by atoms with E-state index in [0.29, 0.717) is 35.8 Å². The van der Waals surface area contributed by atoms with Crippen molar-refractivity contribution in [2.24, 2.45) is 0 Å². The summed E-state index contributed by atoms with van der Waals surface area (Å²) in [7, 11) is 1.76. The van der Waals surface area contributed by atoms with E-state index in [-0.39, 0.29) is 25.4 Å². The van der Waals surface area contributed by atoms with Crippen molar-refractivity contribution in [3.63, 3.8) is 0 Å². The van der Waals surface area contributed by atoms with Gasteiger partial charge in [-0.2, -0.15) is 9.61 Å². The highest BCUT2D eigenvalue weighted by Gasteiger charge is 2.31. The molecule has 4 atom stereocenters. The highest BCUT2D eigenvalue weighted by atomic mass is 19.1. The minimum atomic E-state index is -1.15. The SMILES string of the molecule is CNc1cc(-c2cn([C@@H]3CCOC[C@@H]3F)c3ncccc23)nc2c(C(=O)N[C@H]3COC[C@H]3O)cnn12. The maximum Gasteiger partial charge on any atom is 0.257 e. The van der Waals surface area contributed by atoms with Crippen LogP contribution < -0.4 is 10.6 Å². The molecule has 6 rings (SSSR count). The quantitative estimate of drug-likeness (QED) is 0.381. The number of aromatic nitrogens is 5. The van der Waals surface area contributed by atoms with Crippen molar-refractivity contribution < 1.29 is 23.8 Å². The molecule has 0 spiro atoms. The van der Waals surface area contributed by atoms with Gasteiger partial charge in [-0.1, -0.05) is 0 Å². The molecule has 2 aliphatic heterocycles. The van der Waals surface area contributed by atoms with Gasteiger partial charge in [0.15, 0.2) is 5.65 Å². The molecule has 0 bridgehead atoms. The first kappa shape index (κ1) is 22.8. The number of nitrogens with zero attached hydrogens (tertiary/aromatic N) is 5. The topological polar surface area (TPSA) is 128 Å². The lowest BCUT2D eigenvalue weighted by atomic mass is 10.1. The maximum absolute atomic E-state index is 14.8. The van der Waals surface area contributed by atoms with E-state index in [0.717, 1.165) is 10.9 Å². The molecule has 3 N–H and O–H groups in total. The van der Waals surface area contributed by atoms with E-state index in [9.17, 15) is 14.3 Å². The van der Waals surface area contributed by atoms with Gasteiger partial charge in [0.05, 0.1) is 49.9 Å². The second kappa shape index (κ2) is 9.12. The van der Waals surface area contributed by atoms with Crippen molar-refractivity contribution in [3.05, 3.63) is 42.4 Å². The Morgan fingerprint density at radius 2 is 2.14 bits per heavy atom. The number of carbonyl (C=O) groups is 1. The third-order valence-corrected chi connectivity index (χ3v) is 6.81. The van der Waals surface area contributed by atoms with Gasteiger partial charge in [-0.3, -0.25) is 4.79 Å². The number of ether oxygens (including phenoxy) is 2. The summed E-state index contributed by atoms with van der Waals surface area (Å²) in [4.78, 5) is 22.4. The fourth-order valence-electron chi connectivity index (χ4n) is 4.91. The Morgan fingerprint density at radius 1 is 1.25 bits per heavy atom. The molecule has 2 fully saturated rings. The third kappa shape index (κ3) is 3.77. The summed E-state index contributed by atoms with van der Waals surface area (Å²) < 4.78 is 28.8. The Balaban J connectivity index is 1.46. The van der Waals surface area contributed by atoms with Gasteiger partial charge >= 0.3 is 0 Å². The lowest BCUT2D eigenvalue weighted by Crippen LogP contribution is -2.42. The Labute approximate surface area is 205 Å². The highest BCUT2D eigenvalue weighted by molar-refractivity contribution is 6.01. The summed E-state index contributed by atoms with van der Waals surface area (Å²) in [6, 6.07) is 4.69. The predicted molar refractivity (Wildman–Crippen MR) is 129 cm³/mol. The number of pyridine rings is 1. The van der Waals surface area contributed by atoms with Crippen molar-refractivity contribution in [1.82, 2.24) is 29.5 Å². The number of alkyl halides is 1. The number of halogens is 1. The summed E-state index contributed by atoms with van der Waals surface area (Å²) >= 11 is 0. The van der Waals surface area contributed by atoms with Crippen molar-refractivity contribution in [2.75, 3.05) is 38.8 Å². The van der Waals surface area contributed by atoms with Crippen LogP contribution in [0.25, 0.3) is 27.9 Å². The van der Waals surface area contributed by atoms with E-state index in [1.807, 2.05) is 29.0 Å². The molecule has 2 saturated heterocycles. The van der Waals surface area contributed by atoms with E-state index in [1.54, 1.807) is 17.8 Å². The molecule has 188 valence electrons. The average Bonchev–Trinajstić information content (AvgIpc) is 3.61. The number of rotatable bonds is 5. The van der Waals surface area contributed by atoms with Gasteiger partial charge in [-0.25, -0.2) is 14.4 Å². The number of hydrogen-bond acceptors (Lipinski definition) is 8. The summed E-state index contributed by atoms with van der Waals surface area (Å²) in [5.41, 5.74) is 2.63. The molecule has 0 aliphatic carbocycles. The first-order valence-corrected chi connectivity index (χ1v) is 11.9. The van der Waals surface area contributed by atoms with Crippen LogP contribution in [-0.4, -0.2) is 87.0 Å². The molecule has 1 amide bonds. The van der Waals surface area contributed by atoms with Crippen molar-refractivity contribution in [1.29, 1.82) is 0 Å². The van der Waals surface area contributed by atoms with Gasteiger partial charge in [-0.05, 0) is 18.6 Å². The number of fused-ring (bicyclic) bond motifs is 2. The summed E-state index contributed by atoms with van der Waals surface area (Å²) in [6.07, 6.45) is 3.64. The van der Waals surface area contributed by atoms with Gasteiger partial charge in [0, 0.05) is 43.1 Å².